The maximum absolute atomic E-state index is 12.7. The van der Waals surface area contributed by atoms with Crippen molar-refractivity contribution in [2.45, 2.75) is 44.8 Å². The molecule has 1 heterocycles. The second-order valence-electron chi connectivity index (χ2n) is 8.76. The van der Waals surface area contributed by atoms with Crippen LogP contribution in [0.2, 0.25) is 25.7 Å². The lowest BCUT2D eigenvalue weighted by Crippen LogP contribution is -2.40. The van der Waals surface area contributed by atoms with Crippen LogP contribution >= 0.6 is 0 Å². The molecular weight excluding hydrogens is 398 g/mol. The maximum atomic E-state index is 12.7. The van der Waals surface area contributed by atoms with E-state index in [1.807, 2.05) is 42.5 Å². The van der Waals surface area contributed by atoms with Gasteiger partial charge in [-0.05, 0) is 53.9 Å². The van der Waals surface area contributed by atoms with Crippen LogP contribution in [-0.2, 0) is 17.8 Å². The van der Waals surface area contributed by atoms with Crippen LogP contribution in [0.1, 0.15) is 11.1 Å². The van der Waals surface area contributed by atoms with Crippen molar-refractivity contribution >= 4 is 19.9 Å². The highest BCUT2D eigenvalue weighted by Crippen LogP contribution is 2.35. The molecule has 1 N–H and O–H groups in total. The minimum atomic E-state index is -1.28. The quantitative estimate of drug-likeness (QED) is 0.627. The first-order valence-corrected chi connectivity index (χ1v) is 14.0. The Labute approximate surface area is 179 Å². The molecule has 0 bridgehead atoms. The Morgan fingerprint density at radius 1 is 1.13 bits per heavy atom. The average Bonchev–Trinajstić information content (AvgIpc) is 3.09. The van der Waals surface area contributed by atoms with E-state index >= 15 is 0 Å². The van der Waals surface area contributed by atoms with Gasteiger partial charge in [-0.25, -0.2) is 4.79 Å². The molecule has 0 radical (unpaired) electrons. The molecule has 1 amide bonds. The van der Waals surface area contributed by atoms with Crippen molar-refractivity contribution in [2.24, 2.45) is 0 Å². The summed E-state index contributed by atoms with van der Waals surface area (Å²) in [5.74, 6) is 1.54. The minimum absolute atomic E-state index is 0.111. The molecule has 162 valence electrons. The number of carbonyl (C=O) groups excluding carboxylic acids is 1. The molecule has 0 saturated heterocycles. The normalized spacial score (nSPS) is 15.6. The molecule has 6 nitrogen and oxygen atoms in total. The van der Waals surface area contributed by atoms with Crippen molar-refractivity contribution in [1.29, 1.82) is 0 Å². The predicted octanol–water partition coefficient (Wildman–Crippen LogP) is 4.47. The van der Waals surface area contributed by atoms with Gasteiger partial charge in [-0.2, -0.15) is 0 Å². The van der Waals surface area contributed by atoms with E-state index < -0.39 is 14.2 Å². The second kappa shape index (κ2) is 9.53. The molecule has 1 unspecified atom stereocenters. The van der Waals surface area contributed by atoms with Crippen LogP contribution in [0.4, 0.5) is 10.5 Å². The van der Waals surface area contributed by atoms with Gasteiger partial charge in [-0.3, -0.25) is 4.90 Å². The number of methoxy groups -OCH3 is 1. The van der Waals surface area contributed by atoms with Gasteiger partial charge < -0.3 is 19.3 Å². The van der Waals surface area contributed by atoms with Crippen LogP contribution in [-0.4, -0.2) is 45.6 Å². The molecule has 1 atom stereocenters. The van der Waals surface area contributed by atoms with Crippen LogP contribution in [0.3, 0.4) is 0 Å². The molecule has 7 heteroatoms. The summed E-state index contributed by atoms with van der Waals surface area (Å²) in [4.78, 5) is 14.3. The lowest BCUT2D eigenvalue weighted by molar-refractivity contribution is 0.153. The summed E-state index contributed by atoms with van der Waals surface area (Å²) in [5, 5.41) is 9.79. The minimum Gasteiger partial charge on any atom is -0.497 e. The van der Waals surface area contributed by atoms with Gasteiger partial charge in [-0.1, -0.05) is 31.8 Å². The third-order valence-corrected chi connectivity index (χ3v) is 6.88. The zero-order valence-corrected chi connectivity index (χ0v) is 19.2. The Hall–Kier alpha value is -2.51. The number of anilines is 1. The summed E-state index contributed by atoms with van der Waals surface area (Å²) in [6.45, 7) is 7.48. The fourth-order valence-electron chi connectivity index (χ4n) is 3.39. The van der Waals surface area contributed by atoms with Crippen molar-refractivity contribution < 1.29 is 24.1 Å². The van der Waals surface area contributed by atoms with Gasteiger partial charge in [0, 0.05) is 8.07 Å². The highest BCUT2D eigenvalue weighted by atomic mass is 28.3. The number of amides is 1. The summed E-state index contributed by atoms with van der Waals surface area (Å²) >= 11 is 0. The topological polar surface area (TPSA) is 68.2 Å². The third kappa shape index (κ3) is 5.55. The van der Waals surface area contributed by atoms with Crippen molar-refractivity contribution in [3.8, 4) is 11.5 Å². The first-order chi connectivity index (χ1) is 14.3. The van der Waals surface area contributed by atoms with E-state index in [-0.39, 0.29) is 12.6 Å². The van der Waals surface area contributed by atoms with Crippen LogP contribution in [0.25, 0.3) is 0 Å². The summed E-state index contributed by atoms with van der Waals surface area (Å²) in [7, 11) is 0.361. The number of rotatable bonds is 8. The number of ether oxygens (including phenoxy) is 3. The molecule has 2 aromatic carbocycles. The molecule has 3 rings (SSSR count). The zero-order chi connectivity index (χ0) is 21.7. The SMILES string of the molecule is COc1ccc(COc2ccc3c(c2)CC(CO)N3C(=O)OCC[Si](C)(C)C)cc1. The monoisotopic (exact) mass is 429 g/mol. The number of hydrogen-bond donors (Lipinski definition) is 1. The molecule has 0 spiro atoms. The summed E-state index contributed by atoms with van der Waals surface area (Å²) in [6, 6.07) is 14.0. The van der Waals surface area contributed by atoms with Gasteiger partial charge in [-0.15, -0.1) is 0 Å². The highest BCUT2D eigenvalue weighted by Gasteiger charge is 2.35. The Morgan fingerprint density at radius 3 is 2.47 bits per heavy atom. The van der Waals surface area contributed by atoms with Crippen molar-refractivity contribution in [2.75, 3.05) is 25.2 Å². The Balaban J connectivity index is 1.65. The van der Waals surface area contributed by atoms with Gasteiger partial charge in [0.05, 0.1) is 32.1 Å². The third-order valence-electron chi connectivity index (χ3n) is 5.18. The molecule has 1 aliphatic heterocycles. The fourth-order valence-corrected chi connectivity index (χ4v) is 4.10. The van der Waals surface area contributed by atoms with E-state index in [1.54, 1.807) is 12.0 Å². The van der Waals surface area contributed by atoms with Crippen LogP contribution in [0, 0.1) is 0 Å². The summed E-state index contributed by atoms with van der Waals surface area (Å²) < 4.78 is 16.6. The first kappa shape index (κ1) is 22.2. The fraction of sp³-hybridized carbons (Fsp3) is 0.435. The second-order valence-corrected chi connectivity index (χ2v) is 14.4. The molecule has 0 aromatic heterocycles. The van der Waals surface area contributed by atoms with E-state index in [1.165, 1.54) is 0 Å². The van der Waals surface area contributed by atoms with Crippen molar-refractivity contribution in [3.63, 3.8) is 0 Å². The zero-order valence-electron chi connectivity index (χ0n) is 18.2. The van der Waals surface area contributed by atoms with E-state index in [9.17, 15) is 9.90 Å². The number of benzene rings is 2. The molecule has 2 aromatic rings. The predicted molar refractivity (Wildman–Crippen MR) is 120 cm³/mol. The number of hydrogen-bond acceptors (Lipinski definition) is 5. The van der Waals surface area contributed by atoms with Crippen LogP contribution in [0.5, 0.6) is 11.5 Å². The van der Waals surface area contributed by atoms with E-state index in [0.717, 1.165) is 34.4 Å². The number of carbonyl (C=O) groups is 1. The number of fused-ring (bicyclic) bond motifs is 1. The number of aliphatic hydroxyl groups is 1. The van der Waals surface area contributed by atoms with E-state index in [0.29, 0.717) is 19.6 Å². The van der Waals surface area contributed by atoms with Crippen molar-refractivity contribution in [1.82, 2.24) is 0 Å². The molecular formula is C23H31NO5Si. The molecule has 0 fully saturated rings. The molecule has 1 aliphatic rings. The largest absolute Gasteiger partial charge is 0.497 e. The Bertz CT molecular complexity index is 863. The van der Waals surface area contributed by atoms with Gasteiger partial charge in [0.25, 0.3) is 0 Å². The number of aliphatic hydroxyl groups excluding tert-OH is 1. The summed E-state index contributed by atoms with van der Waals surface area (Å²) in [6.07, 6.45) is 0.187. The van der Waals surface area contributed by atoms with E-state index in [4.69, 9.17) is 14.2 Å². The average molecular weight is 430 g/mol. The summed E-state index contributed by atoms with van der Waals surface area (Å²) in [5.41, 5.74) is 2.80. The molecule has 0 aliphatic carbocycles. The Morgan fingerprint density at radius 2 is 1.83 bits per heavy atom. The number of nitrogens with zero attached hydrogens (tertiary/aromatic N) is 1. The molecule has 30 heavy (non-hydrogen) atoms. The van der Waals surface area contributed by atoms with Crippen molar-refractivity contribution in [3.05, 3.63) is 53.6 Å². The van der Waals surface area contributed by atoms with Gasteiger partial charge >= 0.3 is 6.09 Å². The van der Waals surface area contributed by atoms with Gasteiger partial charge in [0.2, 0.25) is 0 Å². The van der Waals surface area contributed by atoms with Gasteiger partial charge in [0.1, 0.15) is 18.1 Å². The van der Waals surface area contributed by atoms with Crippen LogP contribution in [0.15, 0.2) is 42.5 Å². The van der Waals surface area contributed by atoms with Gasteiger partial charge in [0.15, 0.2) is 0 Å². The smallest absolute Gasteiger partial charge is 0.414 e. The first-order valence-electron chi connectivity index (χ1n) is 10.3. The van der Waals surface area contributed by atoms with E-state index in [2.05, 4.69) is 19.6 Å². The molecule has 0 saturated carbocycles. The standard InChI is InChI=1S/C23H31NO5Si/c1-27-20-7-5-17(6-8-20)16-29-21-9-10-22-18(14-21)13-19(15-25)24(22)23(26)28-11-12-30(2,3)4/h5-10,14,19,25H,11-13,15-16H2,1-4H3. The van der Waals surface area contributed by atoms with Crippen LogP contribution < -0.4 is 14.4 Å². The highest BCUT2D eigenvalue weighted by molar-refractivity contribution is 6.76. The maximum Gasteiger partial charge on any atom is 0.414 e. The lowest BCUT2D eigenvalue weighted by Gasteiger charge is -2.24. The lowest BCUT2D eigenvalue weighted by atomic mass is 10.1. The Kier molecular flexibility index (Phi) is 7.05.